The summed E-state index contributed by atoms with van der Waals surface area (Å²) < 4.78 is 25.0. The van der Waals surface area contributed by atoms with Crippen LogP contribution >= 0.6 is 0 Å². The zero-order chi connectivity index (χ0) is 18.4. The molecule has 24 heavy (non-hydrogen) atoms. The van der Waals surface area contributed by atoms with E-state index in [4.69, 9.17) is 18.6 Å². The average Bonchev–Trinajstić information content (AvgIpc) is 2.73. The summed E-state index contributed by atoms with van der Waals surface area (Å²) in [7, 11) is -0.392. The summed E-state index contributed by atoms with van der Waals surface area (Å²) in [5, 5.41) is 0. The number of rotatable bonds is 6. The molecular formula is C18H36B2O4. The van der Waals surface area contributed by atoms with E-state index in [1.807, 2.05) is 0 Å². The van der Waals surface area contributed by atoms with Gasteiger partial charge in [0, 0.05) is 0 Å². The van der Waals surface area contributed by atoms with Gasteiger partial charge < -0.3 is 18.6 Å². The number of hydrogen-bond donors (Lipinski definition) is 0. The molecule has 4 nitrogen and oxygen atoms in total. The number of hydrogen-bond acceptors (Lipinski definition) is 4. The van der Waals surface area contributed by atoms with Crippen molar-refractivity contribution < 1.29 is 18.6 Å². The molecule has 0 spiro atoms. The predicted octanol–water partition coefficient (Wildman–Crippen LogP) is 4.73. The highest BCUT2D eigenvalue weighted by Crippen LogP contribution is 2.45. The van der Waals surface area contributed by atoms with Gasteiger partial charge in [0.15, 0.2) is 0 Å². The molecular weight excluding hydrogens is 302 g/mol. The first kappa shape index (κ1) is 20.3. The van der Waals surface area contributed by atoms with E-state index in [0.29, 0.717) is 0 Å². The molecule has 2 rings (SSSR count). The molecule has 0 N–H and O–H groups in total. The molecule has 0 bridgehead atoms. The Labute approximate surface area is 149 Å². The molecule has 2 heterocycles. The Morgan fingerprint density at radius 3 is 1.54 bits per heavy atom. The van der Waals surface area contributed by atoms with E-state index in [2.05, 4.69) is 62.3 Å². The minimum Gasteiger partial charge on any atom is -0.403 e. The molecule has 2 aliphatic rings. The SMILES string of the molecule is CCCCC(CB1OC(C)(C)C(C)(C)O1)B1OC(C)(C)C(C)(C)O1. The molecule has 1 atom stereocenters. The van der Waals surface area contributed by atoms with Gasteiger partial charge in [-0.25, -0.2) is 0 Å². The van der Waals surface area contributed by atoms with Crippen LogP contribution in [0.25, 0.3) is 0 Å². The lowest BCUT2D eigenvalue weighted by molar-refractivity contribution is 0.00578. The van der Waals surface area contributed by atoms with Gasteiger partial charge in [-0.3, -0.25) is 0 Å². The fourth-order valence-electron chi connectivity index (χ4n) is 3.22. The monoisotopic (exact) mass is 338 g/mol. The molecule has 0 amide bonds. The van der Waals surface area contributed by atoms with Crippen molar-refractivity contribution in [2.45, 2.75) is 116 Å². The first-order valence-corrected chi connectivity index (χ1v) is 9.52. The van der Waals surface area contributed by atoms with Gasteiger partial charge in [-0.15, -0.1) is 0 Å². The normalized spacial score (nSPS) is 28.4. The second kappa shape index (κ2) is 6.61. The Morgan fingerprint density at radius 1 is 0.708 bits per heavy atom. The van der Waals surface area contributed by atoms with Gasteiger partial charge in [0.25, 0.3) is 0 Å². The van der Waals surface area contributed by atoms with Crippen LogP contribution in [0.3, 0.4) is 0 Å². The Bertz CT molecular complexity index is 416. The van der Waals surface area contributed by atoms with E-state index in [0.717, 1.165) is 19.2 Å². The standard InChI is InChI=1S/C18H36B2O4/c1-10-11-12-14(20-23-17(6,7)18(8,9)24-20)13-19-21-15(2,3)16(4,5)22-19/h14H,10-13H2,1-9H3. The number of unbranched alkanes of at least 4 members (excludes halogenated alkanes) is 1. The summed E-state index contributed by atoms with van der Waals surface area (Å²) >= 11 is 0. The van der Waals surface area contributed by atoms with Gasteiger partial charge in [0.05, 0.1) is 22.4 Å². The van der Waals surface area contributed by atoms with E-state index in [1.165, 1.54) is 6.42 Å². The van der Waals surface area contributed by atoms with E-state index in [-0.39, 0.29) is 42.5 Å². The maximum Gasteiger partial charge on any atom is 0.460 e. The highest BCUT2D eigenvalue weighted by Gasteiger charge is 2.56. The molecule has 2 fully saturated rings. The molecule has 2 aliphatic heterocycles. The second-order valence-electron chi connectivity index (χ2n) is 9.45. The van der Waals surface area contributed by atoms with Crippen molar-refractivity contribution in [1.82, 2.24) is 0 Å². The van der Waals surface area contributed by atoms with Crippen LogP contribution in [0.2, 0.25) is 12.1 Å². The third-order valence-electron chi connectivity index (χ3n) is 6.38. The molecule has 0 saturated carbocycles. The van der Waals surface area contributed by atoms with Crippen LogP contribution < -0.4 is 0 Å². The zero-order valence-corrected chi connectivity index (χ0v) is 17.2. The lowest BCUT2D eigenvalue weighted by Crippen LogP contribution is -2.41. The maximum absolute atomic E-state index is 6.30. The van der Waals surface area contributed by atoms with Crippen LogP contribution in [0, 0.1) is 0 Å². The average molecular weight is 338 g/mol. The quantitative estimate of drug-likeness (QED) is 0.656. The first-order valence-electron chi connectivity index (χ1n) is 9.52. The van der Waals surface area contributed by atoms with Gasteiger partial charge >= 0.3 is 14.2 Å². The van der Waals surface area contributed by atoms with Crippen molar-refractivity contribution in [3.8, 4) is 0 Å². The molecule has 0 aromatic rings. The van der Waals surface area contributed by atoms with Crippen LogP contribution in [0.5, 0.6) is 0 Å². The van der Waals surface area contributed by atoms with Crippen LogP contribution in [0.1, 0.15) is 81.6 Å². The Kier molecular flexibility index (Phi) is 5.58. The van der Waals surface area contributed by atoms with E-state index in [9.17, 15) is 0 Å². The topological polar surface area (TPSA) is 36.9 Å². The predicted molar refractivity (Wildman–Crippen MR) is 100 cm³/mol. The van der Waals surface area contributed by atoms with Crippen LogP contribution in [0.15, 0.2) is 0 Å². The molecule has 0 aromatic heterocycles. The van der Waals surface area contributed by atoms with E-state index >= 15 is 0 Å². The zero-order valence-electron chi connectivity index (χ0n) is 17.2. The fourth-order valence-corrected chi connectivity index (χ4v) is 3.22. The summed E-state index contributed by atoms with van der Waals surface area (Å²) in [6.07, 6.45) is 4.20. The summed E-state index contributed by atoms with van der Waals surface area (Å²) in [5.74, 6) is 0.278. The summed E-state index contributed by atoms with van der Waals surface area (Å²) in [6, 6.07) is 0. The highest BCUT2D eigenvalue weighted by atomic mass is 16.7. The van der Waals surface area contributed by atoms with Gasteiger partial charge in [-0.05, 0) is 67.5 Å². The Morgan fingerprint density at radius 2 is 1.12 bits per heavy atom. The van der Waals surface area contributed by atoms with Crippen molar-refractivity contribution >= 4 is 14.2 Å². The fraction of sp³-hybridized carbons (Fsp3) is 1.00. The molecule has 1 unspecified atom stereocenters. The largest absolute Gasteiger partial charge is 0.460 e. The summed E-state index contributed by atoms with van der Waals surface area (Å²) in [5.41, 5.74) is -1.16. The minimum absolute atomic E-state index is 0.194. The highest BCUT2D eigenvalue weighted by molar-refractivity contribution is 6.53. The molecule has 0 aliphatic carbocycles. The molecule has 2 saturated heterocycles. The Balaban J connectivity index is 2.08. The third kappa shape index (κ3) is 3.87. The van der Waals surface area contributed by atoms with Crippen LogP contribution in [-0.4, -0.2) is 36.6 Å². The van der Waals surface area contributed by atoms with Crippen molar-refractivity contribution in [3.05, 3.63) is 0 Å². The molecule has 6 heteroatoms. The van der Waals surface area contributed by atoms with Gasteiger partial charge in [0.2, 0.25) is 0 Å². The lowest BCUT2D eigenvalue weighted by Gasteiger charge is -2.32. The van der Waals surface area contributed by atoms with E-state index in [1.54, 1.807) is 0 Å². The second-order valence-corrected chi connectivity index (χ2v) is 9.45. The van der Waals surface area contributed by atoms with E-state index < -0.39 is 0 Å². The van der Waals surface area contributed by atoms with Gasteiger partial charge in [-0.2, -0.15) is 0 Å². The van der Waals surface area contributed by atoms with Crippen LogP contribution in [0.4, 0.5) is 0 Å². The Hall–Kier alpha value is -0.0301. The lowest BCUT2D eigenvalue weighted by atomic mass is 9.59. The first-order chi connectivity index (χ1) is 10.8. The molecule has 0 aromatic carbocycles. The smallest absolute Gasteiger partial charge is 0.403 e. The van der Waals surface area contributed by atoms with Crippen LogP contribution in [-0.2, 0) is 18.6 Å². The van der Waals surface area contributed by atoms with Gasteiger partial charge in [-0.1, -0.05) is 26.2 Å². The van der Waals surface area contributed by atoms with Crippen molar-refractivity contribution in [3.63, 3.8) is 0 Å². The van der Waals surface area contributed by atoms with Crippen molar-refractivity contribution in [1.29, 1.82) is 0 Å². The molecule has 0 radical (unpaired) electrons. The summed E-state index contributed by atoms with van der Waals surface area (Å²) in [4.78, 5) is 0. The minimum atomic E-state index is -0.294. The van der Waals surface area contributed by atoms with Gasteiger partial charge in [0.1, 0.15) is 0 Å². The maximum atomic E-state index is 6.30. The van der Waals surface area contributed by atoms with Crippen molar-refractivity contribution in [2.24, 2.45) is 0 Å². The third-order valence-corrected chi connectivity index (χ3v) is 6.38. The summed E-state index contributed by atoms with van der Waals surface area (Å²) in [6.45, 7) is 19.1. The van der Waals surface area contributed by atoms with Crippen molar-refractivity contribution in [2.75, 3.05) is 0 Å². The molecule has 138 valence electrons.